The smallest absolute Gasteiger partial charge is 0.142 e. The lowest BCUT2D eigenvalue weighted by molar-refractivity contribution is -0.0856. The monoisotopic (exact) mass is 556 g/mol. The van der Waals surface area contributed by atoms with Gasteiger partial charge < -0.3 is 43.7 Å². The number of hydrogen-bond donors (Lipinski definition) is 2. The van der Waals surface area contributed by atoms with E-state index in [0.29, 0.717) is 32.9 Å². The standard InChI is InChI=1S/C31H44N2O7/c1-4-14-37-26-9-7-24(8-10-26)31-29(18-32-19-30(31)40-22-25(34)21-36-3)39-20-23-6-11-28-27(17-23)33(13-16-38-28)12-5-15-35-2/h4,6-11,17,25,29-32,34H,1,5,12-16,18-22H2,2-3H3/t25-,29+,30-,31-/m1/s1. The molecule has 2 heterocycles. The van der Waals surface area contributed by atoms with E-state index in [2.05, 4.69) is 41.1 Å². The molecule has 2 aromatic rings. The second-order valence-corrected chi connectivity index (χ2v) is 10.2. The van der Waals surface area contributed by atoms with Crippen LogP contribution in [0.25, 0.3) is 0 Å². The molecule has 0 aliphatic carbocycles. The Bertz CT molecular complexity index is 1030. The molecule has 0 amide bonds. The van der Waals surface area contributed by atoms with Gasteiger partial charge in [0.05, 0.1) is 44.3 Å². The molecule has 0 saturated carbocycles. The lowest BCUT2D eigenvalue weighted by Gasteiger charge is -2.39. The topological polar surface area (TPSA) is 90.9 Å². The third kappa shape index (κ3) is 8.42. The first kappa shape index (κ1) is 30.3. The Labute approximate surface area is 238 Å². The van der Waals surface area contributed by atoms with Gasteiger partial charge in [-0.3, -0.25) is 0 Å². The van der Waals surface area contributed by atoms with Crippen molar-refractivity contribution >= 4 is 5.69 Å². The molecule has 0 unspecified atom stereocenters. The molecule has 0 aromatic heterocycles. The predicted molar refractivity (Wildman–Crippen MR) is 155 cm³/mol. The second-order valence-electron chi connectivity index (χ2n) is 10.2. The molecule has 2 N–H and O–H groups in total. The van der Waals surface area contributed by atoms with E-state index >= 15 is 0 Å². The maximum absolute atomic E-state index is 10.2. The molecule has 9 nitrogen and oxygen atoms in total. The molecule has 220 valence electrons. The molecule has 1 fully saturated rings. The highest BCUT2D eigenvalue weighted by Crippen LogP contribution is 2.35. The fourth-order valence-corrected chi connectivity index (χ4v) is 5.28. The van der Waals surface area contributed by atoms with Crippen LogP contribution in [0.3, 0.4) is 0 Å². The maximum Gasteiger partial charge on any atom is 0.142 e. The number of piperidine rings is 1. The zero-order chi connectivity index (χ0) is 28.2. The number of benzene rings is 2. The summed E-state index contributed by atoms with van der Waals surface area (Å²) in [7, 11) is 3.30. The van der Waals surface area contributed by atoms with Crippen molar-refractivity contribution in [3.63, 3.8) is 0 Å². The van der Waals surface area contributed by atoms with Crippen LogP contribution in [0.4, 0.5) is 5.69 Å². The van der Waals surface area contributed by atoms with Crippen LogP contribution in [-0.4, -0.2) is 96.9 Å². The van der Waals surface area contributed by atoms with Crippen molar-refractivity contribution in [2.24, 2.45) is 0 Å². The summed E-state index contributed by atoms with van der Waals surface area (Å²) in [5, 5.41) is 13.7. The predicted octanol–water partition coefficient (Wildman–Crippen LogP) is 3.15. The number of nitrogens with zero attached hydrogens (tertiary/aromatic N) is 1. The van der Waals surface area contributed by atoms with Gasteiger partial charge in [0.15, 0.2) is 0 Å². The number of methoxy groups -OCH3 is 2. The van der Waals surface area contributed by atoms with Crippen molar-refractivity contribution in [2.45, 2.75) is 37.3 Å². The number of aliphatic hydroxyl groups is 1. The molecular formula is C31H44N2O7. The average Bonchev–Trinajstić information content (AvgIpc) is 2.98. The minimum absolute atomic E-state index is 0.0315. The molecule has 1 saturated heterocycles. The van der Waals surface area contributed by atoms with Crippen LogP contribution in [0.1, 0.15) is 23.5 Å². The van der Waals surface area contributed by atoms with Gasteiger partial charge >= 0.3 is 0 Å². The molecule has 0 radical (unpaired) electrons. The zero-order valence-electron chi connectivity index (χ0n) is 23.8. The molecular weight excluding hydrogens is 512 g/mol. The van der Waals surface area contributed by atoms with Crippen LogP contribution < -0.4 is 19.7 Å². The summed E-state index contributed by atoms with van der Waals surface area (Å²) in [5.41, 5.74) is 3.29. The Hall–Kier alpha value is -2.66. The zero-order valence-corrected chi connectivity index (χ0v) is 23.8. The largest absolute Gasteiger partial charge is 0.490 e. The van der Waals surface area contributed by atoms with Crippen LogP contribution in [0.5, 0.6) is 11.5 Å². The van der Waals surface area contributed by atoms with E-state index in [0.717, 1.165) is 54.4 Å². The fourth-order valence-electron chi connectivity index (χ4n) is 5.28. The van der Waals surface area contributed by atoms with Gasteiger partial charge in [-0.25, -0.2) is 0 Å². The first-order valence-corrected chi connectivity index (χ1v) is 14.1. The molecule has 9 heteroatoms. The summed E-state index contributed by atoms with van der Waals surface area (Å²) in [6, 6.07) is 14.4. The third-order valence-electron chi connectivity index (χ3n) is 7.21. The number of rotatable bonds is 16. The lowest BCUT2D eigenvalue weighted by Crippen LogP contribution is -2.51. The Morgan fingerprint density at radius 2 is 1.88 bits per heavy atom. The highest BCUT2D eigenvalue weighted by atomic mass is 16.5. The van der Waals surface area contributed by atoms with E-state index in [1.54, 1.807) is 20.3 Å². The summed E-state index contributed by atoms with van der Waals surface area (Å²) in [6.45, 7) is 9.59. The Morgan fingerprint density at radius 1 is 1.07 bits per heavy atom. The van der Waals surface area contributed by atoms with Crippen LogP contribution in [0, 0.1) is 0 Å². The summed E-state index contributed by atoms with van der Waals surface area (Å²) in [5.74, 6) is 1.66. The Balaban J connectivity index is 1.48. The molecule has 2 aromatic carbocycles. The Morgan fingerprint density at radius 3 is 2.62 bits per heavy atom. The van der Waals surface area contributed by atoms with E-state index in [9.17, 15) is 5.11 Å². The average molecular weight is 557 g/mol. The summed E-state index contributed by atoms with van der Waals surface area (Å²) < 4.78 is 34.7. The molecule has 0 spiro atoms. The van der Waals surface area contributed by atoms with E-state index < -0.39 is 6.10 Å². The maximum atomic E-state index is 10.2. The van der Waals surface area contributed by atoms with Crippen molar-refractivity contribution in [1.82, 2.24) is 5.32 Å². The van der Waals surface area contributed by atoms with Gasteiger partial charge in [-0.1, -0.05) is 30.9 Å². The van der Waals surface area contributed by atoms with Gasteiger partial charge in [-0.15, -0.1) is 0 Å². The molecule has 0 bridgehead atoms. The number of aliphatic hydroxyl groups excluding tert-OH is 1. The molecule has 4 rings (SSSR count). The van der Waals surface area contributed by atoms with E-state index in [4.69, 9.17) is 28.4 Å². The van der Waals surface area contributed by atoms with Crippen LogP contribution in [-0.2, 0) is 25.6 Å². The van der Waals surface area contributed by atoms with Crippen LogP contribution in [0.15, 0.2) is 55.1 Å². The fraction of sp³-hybridized carbons (Fsp3) is 0.548. The highest BCUT2D eigenvalue weighted by Gasteiger charge is 2.36. The first-order valence-electron chi connectivity index (χ1n) is 14.1. The second kappa shape index (κ2) is 16.0. The van der Waals surface area contributed by atoms with Gasteiger partial charge in [0.2, 0.25) is 0 Å². The van der Waals surface area contributed by atoms with Crippen molar-refractivity contribution in [3.05, 3.63) is 66.2 Å². The number of nitrogens with one attached hydrogen (secondary N) is 1. The highest BCUT2D eigenvalue weighted by molar-refractivity contribution is 5.61. The van der Waals surface area contributed by atoms with Gasteiger partial charge in [0.25, 0.3) is 0 Å². The normalized spacial score (nSPS) is 21.4. The van der Waals surface area contributed by atoms with Gasteiger partial charge in [-0.05, 0) is 41.8 Å². The molecule has 4 atom stereocenters. The number of anilines is 1. The third-order valence-corrected chi connectivity index (χ3v) is 7.21. The number of ether oxygens (including phenoxy) is 6. The van der Waals surface area contributed by atoms with Crippen LogP contribution >= 0.6 is 0 Å². The summed E-state index contributed by atoms with van der Waals surface area (Å²) in [4.78, 5) is 2.36. The molecule has 2 aliphatic rings. The van der Waals surface area contributed by atoms with Gasteiger partial charge in [0, 0.05) is 46.4 Å². The molecule has 40 heavy (non-hydrogen) atoms. The number of hydrogen-bond acceptors (Lipinski definition) is 9. The quantitative estimate of drug-likeness (QED) is 0.239. The summed E-state index contributed by atoms with van der Waals surface area (Å²) in [6.07, 6.45) is 1.68. The van der Waals surface area contributed by atoms with Crippen molar-refractivity contribution in [1.29, 1.82) is 0 Å². The molecule has 2 aliphatic heterocycles. The van der Waals surface area contributed by atoms with E-state index in [1.807, 2.05) is 18.2 Å². The van der Waals surface area contributed by atoms with Crippen LogP contribution in [0.2, 0.25) is 0 Å². The van der Waals surface area contributed by atoms with Gasteiger partial charge in [0.1, 0.15) is 30.8 Å². The lowest BCUT2D eigenvalue weighted by atomic mass is 9.85. The van der Waals surface area contributed by atoms with E-state index in [1.165, 1.54) is 0 Å². The SMILES string of the molecule is C=CCOc1ccc([C@@H]2[C@@H](OCc3ccc4c(c3)N(CCCOC)CCO4)CNC[C@H]2OC[C@H](O)COC)cc1. The van der Waals surface area contributed by atoms with Crippen molar-refractivity contribution < 1.29 is 33.5 Å². The first-order chi connectivity index (χ1) is 19.6. The van der Waals surface area contributed by atoms with Gasteiger partial charge in [-0.2, -0.15) is 0 Å². The number of fused-ring (bicyclic) bond motifs is 1. The minimum Gasteiger partial charge on any atom is -0.490 e. The summed E-state index contributed by atoms with van der Waals surface area (Å²) >= 11 is 0. The van der Waals surface area contributed by atoms with Crippen molar-refractivity contribution in [2.75, 3.05) is 78.3 Å². The van der Waals surface area contributed by atoms with Crippen molar-refractivity contribution in [3.8, 4) is 11.5 Å². The van der Waals surface area contributed by atoms with E-state index in [-0.39, 0.29) is 31.3 Å². The minimum atomic E-state index is -0.689. The Kier molecular flexibility index (Phi) is 12.1.